The van der Waals surface area contributed by atoms with Crippen LogP contribution in [0.15, 0.2) is 101 Å². The molecule has 0 atom stereocenters. The molecule has 0 aliphatic heterocycles. The second-order valence-corrected chi connectivity index (χ2v) is 11.6. The molecule has 0 bridgehead atoms. The van der Waals surface area contributed by atoms with E-state index in [4.69, 9.17) is 0 Å². The van der Waals surface area contributed by atoms with E-state index in [1.807, 2.05) is 0 Å². The minimum Gasteiger partial charge on any atom is -0.871 e. The Balaban J connectivity index is 0.000000293. The van der Waals surface area contributed by atoms with Gasteiger partial charge in [-0.25, -0.2) is 10.9 Å². The summed E-state index contributed by atoms with van der Waals surface area (Å²) in [6.45, 7) is 0. The van der Waals surface area contributed by atoms with Crippen molar-refractivity contribution in [2.75, 3.05) is 0 Å². The number of phenolic OH excluding ortho intramolecular Hbond substituents is 2. The summed E-state index contributed by atoms with van der Waals surface area (Å²) in [7, 11) is 0. The van der Waals surface area contributed by atoms with Gasteiger partial charge in [-0.15, -0.1) is 0 Å². The topological polar surface area (TPSA) is 169 Å². The van der Waals surface area contributed by atoms with Gasteiger partial charge in [0.1, 0.15) is 11.5 Å². The van der Waals surface area contributed by atoms with Gasteiger partial charge in [-0.05, 0) is 59.7 Å². The SMILES string of the molecule is O=C(N/N=C/c1cc(Br)cc(Br)c1[O-])c1ccccc1O.O=C(N/N=C\c1cc(Br)cc(Br)c1[O-])c1ccccc1O.[Ni+2]. The molecule has 224 valence electrons. The maximum absolute atomic E-state index is 11.8. The number of hydrazone groups is 2. The molecule has 15 heteroatoms. The third-order valence-electron chi connectivity index (χ3n) is 5.11. The molecule has 0 aliphatic rings. The van der Waals surface area contributed by atoms with Crippen molar-refractivity contribution in [3.8, 4) is 23.0 Å². The Morgan fingerprint density at radius 2 is 1.00 bits per heavy atom. The van der Waals surface area contributed by atoms with Crippen LogP contribution in [-0.2, 0) is 16.5 Å². The summed E-state index contributed by atoms with van der Waals surface area (Å²) in [5, 5.41) is 50.1. The molecular formula is C28H18Br4N4NiO6. The molecule has 43 heavy (non-hydrogen) atoms. The van der Waals surface area contributed by atoms with Crippen LogP contribution in [0.3, 0.4) is 0 Å². The predicted octanol–water partition coefficient (Wildman–Crippen LogP) is 5.51. The number of phenols is 2. The van der Waals surface area contributed by atoms with Gasteiger partial charge in [0.25, 0.3) is 11.8 Å². The molecule has 0 unspecified atom stereocenters. The molecule has 0 radical (unpaired) electrons. The summed E-state index contributed by atoms with van der Waals surface area (Å²) in [6, 6.07) is 18.6. The van der Waals surface area contributed by atoms with Crippen molar-refractivity contribution in [3.63, 3.8) is 0 Å². The number of hydrogen-bond donors (Lipinski definition) is 4. The first-order valence-electron chi connectivity index (χ1n) is 11.5. The molecule has 10 nitrogen and oxygen atoms in total. The van der Waals surface area contributed by atoms with Crippen molar-refractivity contribution in [3.05, 3.63) is 113 Å². The van der Waals surface area contributed by atoms with E-state index in [0.717, 1.165) is 0 Å². The third kappa shape index (κ3) is 10.5. The molecule has 0 aromatic heterocycles. The Morgan fingerprint density at radius 1 is 0.651 bits per heavy atom. The Bertz CT molecular complexity index is 1560. The molecule has 4 aromatic carbocycles. The maximum Gasteiger partial charge on any atom is 2.00 e. The fourth-order valence-electron chi connectivity index (χ4n) is 3.12. The Labute approximate surface area is 289 Å². The molecule has 4 rings (SSSR count). The molecule has 4 aromatic rings. The largest absolute Gasteiger partial charge is 2.00 e. The monoisotopic (exact) mass is 880 g/mol. The fraction of sp³-hybridized carbons (Fsp3) is 0. The zero-order valence-electron chi connectivity index (χ0n) is 21.3. The van der Waals surface area contributed by atoms with Crippen LogP contribution in [0.1, 0.15) is 31.8 Å². The second-order valence-electron chi connectivity index (χ2n) is 8.04. The molecule has 4 N–H and O–H groups in total. The van der Waals surface area contributed by atoms with Gasteiger partial charge in [0.2, 0.25) is 0 Å². The van der Waals surface area contributed by atoms with Gasteiger partial charge < -0.3 is 20.4 Å². The van der Waals surface area contributed by atoms with Crippen LogP contribution in [0.2, 0.25) is 0 Å². The van der Waals surface area contributed by atoms with Gasteiger partial charge in [-0.3, -0.25) is 9.59 Å². The van der Waals surface area contributed by atoms with E-state index in [0.29, 0.717) is 29.0 Å². The van der Waals surface area contributed by atoms with E-state index in [9.17, 15) is 30.0 Å². The summed E-state index contributed by atoms with van der Waals surface area (Å²) >= 11 is 12.8. The van der Waals surface area contributed by atoms with Crippen molar-refractivity contribution in [1.82, 2.24) is 10.9 Å². The first kappa shape index (κ1) is 36.0. The number of amides is 2. The van der Waals surface area contributed by atoms with Crippen LogP contribution in [0.25, 0.3) is 0 Å². The van der Waals surface area contributed by atoms with Gasteiger partial charge >= 0.3 is 16.5 Å². The van der Waals surface area contributed by atoms with Crippen LogP contribution in [0.4, 0.5) is 0 Å². The van der Waals surface area contributed by atoms with E-state index in [2.05, 4.69) is 84.8 Å². The van der Waals surface area contributed by atoms with Crippen LogP contribution in [0, 0.1) is 0 Å². The molecular weight excluding hydrogens is 867 g/mol. The maximum atomic E-state index is 11.8. The molecule has 0 spiro atoms. The van der Waals surface area contributed by atoms with E-state index < -0.39 is 11.8 Å². The van der Waals surface area contributed by atoms with Gasteiger partial charge in [0.15, 0.2) is 0 Å². The average molecular weight is 885 g/mol. The quantitative estimate of drug-likeness (QED) is 0.113. The Kier molecular flexibility index (Phi) is 14.4. The summed E-state index contributed by atoms with van der Waals surface area (Å²) in [4.78, 5) is 23.6. The summed E-state index contributed by atoms with van der Waals surface area (Å²) in [5.74, 6) is -1.88. The minimum absolute atomic E-state index is 0. The van der Waals surface area contributed by atoms with Gasteiger partial charge in [-0.1, -0.05) is 99.5 Å². The Hall–Kier alpha value is -3.23. The molecule has 0 fully saturated rings. The number of halogens is 4. The molecule has 0 heterocycles. The summed E-state index contributed by atoms with van der Waals surface area (Å²) in [5.41, 5.74) is 5.35. The fourth-order valence-corrected chi connectivity index (χ4v) is 5.64. The van der Waals surface area contributed by atoms with Crippen LogP contribution < -0.4 is 21.1 Å². The standard InChI is InChI=1S/2C14H10Br2N2O3.Ni/c2*15-9-5-8(13(20)11(16)6-9)7-17-18-14(21)10-3-1-2-4-12(10)19;/h2*1-7,19-20H,(H,18,21);/q;;+2/p-2/b17-7+;17-7-;. The number of carbonyl (C=O) groups excluding carboxylic acids is 2. The number of nitrogens with zero attached hydrogens (tertiary/aromatic N) is 2. The zero-order chi connectivity index (χ0) is 30.8. The van der Waals surface area contributed by atoms with Gasteiger partial charge in [0, 0.05) is 17.9 Å². The van der Waals surface area contributed by atoms with E-state index in [1.54, 1.807) is 48.5 Å². The molecule has 0 saturated heterocycles. The van der Waals surface area contributed by atoms with Gasteiger partial charge in [0.05, 0.1) is 23.6 Å². The smallest absolute Gasteiger partial charge is 0.871 e. The second kappa shape index (κ2) is 17.2. The first-order chi connectivity index (χ1) is 20.0. The van der Waals surface area contributed by atoms with Crippen molar-refractivity contribution in [2.45, 2.75) is 0 Å². The predicted molar refractivity (Wildman–Crippen MR) is 169 cm³/mol. The summed E-state index contributed by atoms with van der Waals surface area (Å²) in [6.07, 6.45) is 2.49. The van der Waals surface area contributed by atoms with E-state index >= 15 is 0 Å². The number of carbonyl (C=O) groups is 2. The third-order valence-corrected chi connectivity index (χ3v) is 7.20. The molecule has 0 saturated carbocycles. The number of aromatic hydroxyl groups is 2. The minimum atomic E-state index is -0.564. The van der Waals surface area contributed by atoms with Crippen molar-refractivity contribution >= 4 is 88.0 Å². The zero-order valence-corrected chi connectivity index (χ0v) is 28.7. The van der Waals surface area contributed by atoms with Crippen molar-refractivity contribution in [1.29, 1.82) is 0 Å². The number of hydrogen-bond acceptors (Lipinski definition) is 8. The van der Waals surface area contributed by atoms with Crippen LogP contribution >= 0.6 is 63.7 Å². The number of benzene rings is 4. The molecule has 0 aliphatic carbocycles. The number of nitrogens with one attached hydrogen (secondary N) is 2. The normalized spacial score (nSPS) is 10.5. The number of para-hydroxylation sites is 2. The van der Waals surface area contributed by atoms with Crippen molar-refractivity contribution in [2.24, 2.45) is 10.2 Å². The molecule has 2 amide bonds. The van der Waals surface area contributed by atoms with E-state index in [1.165, 1.54) is 36.7 Å². The van der Waals surface area contributed by atoms with Crippen LogP contribution in [-0.4, -0.2) is 34.5 Å². The summed E-state index contributed by atoms with van der Waals surface area (Å²) < 4.78 is 2.21. The Morgan fingerprint density at radius 3 is 1.35 bits per heavy atom. The average Bonchev–Trinajstić information content (AvgIpc) is 2.94. The van der Waals surface area contributed by atoms with Crippen LogP contribution in [0.5, 0.6) is 23.0 Å². The number of rotatable bonds is 6. The van der Waals surface area contributed by atoms with E-state index in [-0.39, 0.29) is 50.6 Å². The van der Waals surface area contributed by atoms with Crippen molar-refractivity contribution < 1.29 is 46.5 Å². The van der Waals surface area contributed by atoms with Gasteiger partial charge in [-0.2, -0.15) is 10.2 Å². The first-order valence-corrected chi connectivity index (χ1v) is 14.7.